The molecule has 0 fully saturated rings. The minimum Gasteiger partial charge on any atom is -0.490 e. The number of anilines is 1. The number of nitrogens with zero attached hydrogens (tertiary/aromatic N) is 2. The van der Waals surface area contributed by atoms with Crippen molar-refractivity contribution in [2.75, 3.05) is 25.1 Å². The number of ether oxygens (including phenoxy) is 1. The molecule has 0 aromatic heterocycles. The third-order valence-electron chi connectivity index (χ3n) is 2.46. The van der Waals surface area contributed by atoms with Crippen molar-refractivity contribution in [3.63, 3.8) is 0 Å². The Balaban J connectivity index is 3.31. The molecule has 0 amide bonds. The van der Waals surface area contributed by atoms with E-state index in [9.17, 15) is 19.3 Å². The summed E-state index contributed by atoms with van der Waals surface area (Å²) in [6, 6.07) is 1.80. The van der Waals surface area contributed by atoms with E-state index in [4.69, 9.17) is 9.84 Å². The molecule has 1 rings (SSSR count). The quantitative estimate of drug-likeness (QED) is 0.466. The van der Waals surface area contributed by atoms with E-state index < -0.39 is 28.9 Å². The number of carbonyl (C=O) groups is 1. The van der Waals surface area contributed by atoms with Crippen LogP contribution in [0, 0.1) is 15.9 Å². The van der Waals surface area contributed by atoms with E-state index in [2.05, 4.69) is 6.58 Å². The zero-order valence-electron chi connectivity index (χ0n) is 10.7. The van der Waals surface area contributed by atoms with Crippen LogP contribution in [0.4, 0.5) is 15.8 Å². The topological polar surface area (TPSA) is 92.9 Å². The lowest BCUT2D eigenvalue weighted by Gasteiger charge is -2.22. The van der Waals surface area contributed by atoms with Gasteiger partial charge in [-0.2, -0.15) is 0 Å². The van der Waals surface area contributed by atoms with Crippen molar-refractivity contribution in [2.45, 2.75) is 0 Å². The summed E-state index contributed by atoms with van der Waals surface area (Å²) in [6.07, 6.45) is 1.40. The molecular formula is C12H13FN2O5. The first-order valence-electron chi connectivity index (χ1n) is 5.50. The molecular weight excluding hydrogens is 271 g/mol. The molecule has 0 unspecified atom stereocenters. The van der Waals surface area contributed by atoms with Gasteiger partial charge in [-0.25, -0.2) is 4.39 Å². The number of methoxy groups -OCH3 is 1. The van der Waals surface area contributed by atoms with Crippen molar-refractivity contribution in [1.82, 2.24) is 0 Å². The van der Waals surface area contributed by atoms with Crippen LogP contribution in [-0.4, -0.2) is 36.2 Å². The van der Waals surface area contributed by atoms with Crippen molar-refractivity contribution in [2.24, 2.45) is 0 Å². The second-order valence-electron chi connectivity index (χ2n) is 3.80. The summed E-state index contributed by atoms with van der Waals surface area (Å²) >= 11 is 0. The van der Waals surface area contributed by atoms with E-state index in [0.29, 0.717) is 6.07 Å². The number of nitro groups is 1. The molecule has 8 heteroatoms. The Morgan fingerprint density at radius 2 is 2.30 bits per heavy atom. The Hall–Kier alpha value is -2.64. The van der Waals surface area contributed by atoms with Crippen LogP contribution in [0.25, 0.3) is 0 Å². The number of benzene rings is 1. The molecule has 0 aliphatic rings. The monoisotopic (exact) mass is 284 g/mol. The molecule has 0 bridgehead atoms. The van der Waals surface area contributed by atoms with Crippen molar-refractivity contribution in [3.8, 4) is 5.75 Å². The highest BCUT2D eigenvalue weighted by molar-refractivity contribution is 5.74. The average molecular weight is 284 g/mol. The minimum absolute atomic E-state index is 0.0736. The lowest BCUT2D eigenvalue weighted by atomic mass is 10.2. The molecule has 1 N–H and O–H groups in total. The van der Waals surface area contributed by atoms with Gasteiger partial charge in [-0.05, 0) is 0 Å². The molecule has 0 radical (unpaired) electrons. The summed E-state index contributed by atoms with van der Waals surface area (Å²) in [5, 5.41) is 19.5. The SMILES string of the molecule is C=CCN(CC(=O)O)c1cc(OC)c([N+](=O)[O-])cc1F. The Morgan fingerprint density at radius 1 is 1.65 bits per heavy atom. The number of nitro benzene ring substituents is 1. The molecule has 0 atom stereocenters. The van der Waals surface area contributed by atoms with Gasteiger partial charge in [0.2, 0.25) is 0 Å². The van der Waals surface area contributed by atoms with Gasteiger partial charge in [0.25, 0.3) is 0 Å². The molecule has 20 heavy (non-hydrogen) atoms. The van der Waals surface area contributed by atoms with Crippen LogP contribution in [0.2, 0.25) is 0 Å². The molecule has 0 saturated carbocycles. The van der Waals surface area contributed by atoms with Crippen LogP contribution in [-0.2, 0) is 4.79 Å². The van der Waals surface area contributed by atoms with Crippen molar-refractivity contribution in [1.29, 1.82) is 0 Å². The van der Waals surface area contributed by atoms with Gasteiger partial charge < -0.3 is 14.7 Å². The van der Waals surface area contributed by atoms with Crippen LogP contribution in [0.15, 0.2) is 24.8 Å². The molecule has 1 aromatic rings. The largest absolute Gasteiger partial charge is 0.490 e. The van der Waals surface area contributed by atoms with Crippen LogP contribution in [0.1, 0.15) is 0 Å². The number of aliphatic carboxylic acids is 1. The Kier molecular flexibility index (Phi) is 5.01. The van der Waals surface area contributed by atoms with Crippen molar-refractivity contribution in [3.05, 3.63) is 40.7 Å². The second-order valence-corrected chi connectivity index (χ2v) is 3.80. The van der Waals surface area contributed by atoms with Gasteiger partial charge in [0, 0.05) is 12.6 Å². The van der Waals surface area contributed by atoms with E-state index >= 15 is 0 Å². The zero-order valence-corrected chi connectivity index (χ0v) is 10.7. The van der Waals surface area contributed by atoms with Crippen LogP contribution in [0.3, 0.4) is 0 Å². The van der Waals surface area contributed by atoms with Gasteiger partial charge in [0.05, 0.1) is 23.8 Å². The third-order valence-corrected chi connectivity index (χ3v) is 2.46. The maximum absolute atomic E-state index is 13.9. The van der Waals surface area contributed by atoms with Gasteiger partial charge in [-0.15, -0.1) is 6.58 Å². The first-order valence-corrected chi connectivity index (χ1v) is 5.50. The van der Waals surface area contributed by atoms with Gasteiger partial charge in [0.1, 0.15) is 6.54 Å². The van der Waals surface area contributed by atoms with E-state index in [1.807, 2.05) is 0 Å². The highest BCUT2D eigenvalue weighted by atomic mass is 19.1. The van der Waals surface area contributed by atoms with Crippen LogP contribution >= 0.6 is 0 Å². The number of carboxylic acids is 1. The molecule has 0 saturated heterocycles. The lowest BCUT2D eigenvalue weighted by molar-refractivity contribution is -0.385. The fourth-order valence-electron chi connectivity index (χ4n) is 1.65. The van der Waals surface area contributed by atoms with Gasteiger partial charge >= 0.3 is 11.7 Å². The van der Waals surface area contributed by atoms with E-state index in [-0.39, 0.29) is 18.0 Å². The van der Waals surface area contributed by atoms with E-state index in [1.54, 1.807) is 0 Å². The van der Waals surface area contributed by atoms with E-state index in [1.165, 1.54) is 18.1 Å². The fourth-order valence-corrected chi connectivity index (χ4v) is 1.65. The maximum Gasteiger partial charge on any atom is 0.323 e. The highest BCUT2D eigenvalue weighted by Crippen LogP contribution is 2.34. The van der Waals surface area contributed by atoms with Gasteiger partial charge in [-0.1, -0.05) is 6.08 Å². The van der Waals surface area contributed by atoms with Crippen LogP contribution < -0.4 is 9.64 Å². The lowest BCUT2D eigenvalue weighted by Crippen LogP contribution is -2.30. The Labute approximate surface area is 114 Å². The van der Waals surface area contributed by atoms with E-state index in [0.717, 1.165) is 6.07 Å². The average Bonchev–Trinajstić information content (AvgIpc) is 2.37. The molecule has 0 heterocycles. The van der Waals surface area contributed by atoms with Gasteiger partial charge in [-0.3, -0.25) is 14.9 Å². The highest BCUT2D eigenvalue weighted by Gasteiger charge is 2.22. The van der Waals surface area contributed by atoms with Gasteiger partial charge in [0.15, 0.2) is 11.6 Å². The smallest absolute Gasteiger partial charge is 0.323 e. The maximum atomic E-state index is 13.9. The Bertz CT molecular complexity index is 547. The standard InChI is InChI=1S/C12H13FN2O5/c1-3-4-14(7-12(16)17)9-6-11(20-2)10(15(18)19)5-8(9)13/h3,5-6H,1,4,7H2,2H3,(H,16,17). The van der Waals surface area contributed by atoms with Crippen molar-refractivity contribution < 1.29 is 24.0 Å². The summed E-state index contributed by atoms with van der Waals surface area (Å²) in [6.45, 7) is 3.06. The molecule has 108 valence electrons. The number of rotatable bonds is 7. The predicted octanol–water partition coefficient (Wildman–Crippen LogP) is 1.82. The molecule has 1 aromatic carbocycles. The number of hydrogen-bond donors (Lipinski definition) is 1. The second kappa shape index (κ2) is 6.50. The normalized spacial score (nSPS) is 9.90. The first-order chi connectivity index (χ1) is 9.40. The number of hydrogen-bond acceptors (Lipinski definition) is 5. The first kappa shape index (κ1) is 15.4. The third kappa shape index (κ3) is 3.44. The van der Waals surface area contributed by atoms with Crippen LogP contribution in [0.5, 0.6) is 5.75 Å². The summed E-state index contributed by atoms with van der Waals surface area (Å²) in [7, 11) is 1.21. The summed E-state index contributed by atoms with van der Waals surface area (Å²) in [5.41, 5.74) is -0.627. The van der Waals surface area contributed by atoms with Crippen molar-refractivity contribution >= 4 is 17.3 Å². The predicted molar refractivity (Wildman–Crippen MR) is 69.7 cm³/mol. The summed E-state index contributed by atoms with van der Waals surface area (Å²) in [4.78, 5) is 21.9. The zero-order chi connectivity index (χ0) is 15.3. The number of carboxylic acid groups (broad SMARTS) is 1. The molecule has 0 aliphatic carbocycles. The molecule has 0 aliphatic heterocycles. The Morgan fingerprint density at radius 3 is 2.75 bits per heavy atom. The fraction of sp³-hybridized carbons (Fsp3) is 0.250. The molecule has 7 nitrogen and oxygen atoms in total. The minimum atomic E-state index is -1.16. The number of halogens is 1. The summed E-state index contributed by atoms with van der Waals surface area (Å²) in [5.74, 6) is -2.21. The summed E-state index contributed by atoms with van der Waals surface area (Å²) < 4.78 is 18.7. The molecule has 0 spiro atoms.